The number of morpholine rings is 1. The summed E-state index contributed by atoms with van der Waals surface area (Å²) in [6.07, 6.45) is 2.24. The summed E-state index contributed by atoms with van der Waals surface area (Å²) < 4.78 is 5.75. The van der Waals surface area contributed by atoms with Crippen LogP contribution in [0.3, 0.4) is 0 Å². The van der Waals surface area contributed by atoms with Gasteiger partial charge in [-0.05, 0) is 43.7 Å². The Morgan fingerprint density at radius 3 is 2.44 bits per heavy atom. The number of carboxylic acid groups (broad SMARTS) is 1. The fourth-order valence-electron chi connectivity index (χ4n) is 3.01. The van der Waals surface area contributed by atoms with Crippen LogP contribution in [0.4, 0.5) is 11.5 Å². The standard InChI is InChI=1S/C19H23N3O3/c1-13-11-22(12-14(2)25-13)18-8-7-17(10-21-18)20-9-15-3-5-16(6-4-15)19(23)24/h3-8,10,13-14,20H,9,11-12H2,1-2H3,(H,23,24). The van der Waals surface area contributed by atoms with Gasteiger partial charge in [-0.25, -0.2) is 9.78 Å². The minimum atomic E-state index is -0.911. The highest BCUT2D eigenvalue weighted by Crippen LogP contribution is 2.20. The third kappa shape index (κ3) is 4.48. The van der Waals surface area contributed by atoms with Crippen molar-refractivity contribution in [2.24, 2.45) is 0 Å². The highest BCUT2D eigenvalue weighted by molar-refractivity contribution is 5.87. The van der Waals surface area contributed by atoms with Crippen LogP contribution >= 0.6 is 0 Å². The van der Waals surface area contributed by atoms with Crippen LogP contribution in [0, 0.1) is 0 Å². The predicted octanol–water partition coefficient (Wildman–Crippen LogP) is 3.01. The number of nitrogens with one attached hydrogen (secondary N) is 1. The van der Waals surface area contributed by atoms with Crippen molar-refractivity contribution in [2.75, 3.05) is 23.3 Å². The van der Waals surface area contributed by atoms with Gasteiger partial charge in [-0.2, -0.15) is 0 Å². The van der Waals surface area contributed by atoms with E-state index in [0.717, 1.165) is 30.2 Å². The van der Waals surface area contributed by atoms with E-state index in [9.17, 15) is 4.79 Å². The molecule has 3 rings (SSSR count). The van der Waals surface area contributed by atoms with Crippen LogP contribution in [0.5, 0.6) is 0 Å². The Morgan fingerprint density at radius 2 is 1.88 bits per heavy atom. The van der Waals surface area contributed by atoms with Crippen LogP contribution in [0.25, 0.3) is 0 Å². The van der Waals surface area contributed by atoms with Crippen LogP contribution in [0.15, 0.2) is 42.6 Å². The molecule has 0 saturated carbocycles. The lowest BCUT2D eigenvalue weighted by molar-refractivity contribution is -0.00546. The third-order valence-electron chi connectivity index (χ3n) is 4.19. The van der Waals surface area contributed by atoms with Crippen LogP contribution in [-0.4, -0.2) is 41.4 Å². The second-order valence-electron chi connectivity index (χ2n) is 6.42. The zero-order chi connectivity index (χ0) is 17.8. The van der Waals surface area contributed by atoms with Crippen molar-refractivity contribution >= 4 is 17.5 Å². The molecule has 1 aromatic carbocycles. The molecule has 1 aromatic heterocycles. The van der Waals surface area contributed by atoms with E-state index in [2.05, 4.69) is 29.0 Å². The van der Waals surface area contributed by atoms with Crippen molar-refractivity contribution in [3.8, 4) is 0 Å². The molecule has 1 fully saturated rings. The summed E-state index contributed by atoms with van der Waals surface area (Å²) in [4.78, 5) is 17.7. The monoisotopic (exact) mass is 341 g/mol. The van der Waals surface area contributed by atoms with Gasteiger partial charge in [-0.1, -0.05) is 12.1 Å². The molecule has 25 heavy (non-hydrogen) atoms. The molecule has 0 bridgehead atoms. The average molecular weight is 341 g/mol. The Kier molecular flexibility index (Phi) is 5.19. The third-order valence-corrected chi connectivity index (χ3v) is 4.19. The van der Waals surface area contributed by atoms with Crippen molar-refractivity contribution in [1.82, 2.24) is 4.98 Å². The number of carbonyl (C=O) groups is 1. The van der Waals surface area contributed by atoms with E-state index in [0.29, 0.717) is 12.1 Å². The normalized spacial score (nSPS) is 20.3. The summed E-state index contributed by atoms with van der Waals surface area (Å²) in [7, 11) is 0. The quantitative estimate of drug-likeness (QED) is 0.871. The van der Waals surface area contributed by atoms with Crippen molar-refractivity contribution in [1.29, 1.82) is 0 Å². The van der Waals surface area contributed by atoms with E-state index in [1.54, 1.807) is 12.1 Å². The molecule has 2 atom stereocenters. The first-order chi connectivity index (χ1) is 12.0. The lowest BCUT2D eigenvalue weighted by Crippen LogP contribution is -2.45. The van der Waals surface area contributed by atoms with Crippen molar-refractivity contribution in [2.45, 2.75) is 32.6 Å². The second kappa shape index (κ2) is 7.53. The number of hydrogen-bond donors (Lipinski definition) is 2. The van der Waals surface area contributed by atoms with Gasteiger partial charge < -0.3 is 20.1 Å². The van der Waals surface area contributed by atoms with Crippen LogP contribution in [-0.2, 0) is 11.3 Å². The zero-order valence-corrected chi connectivity index (χ0v) is 14.5. The molecule has 2 unspecified atom stereocenters. The molecule has 0 amide bonds. The van der Waals surface area contributed by atoms with Gasteiger partial charge >= 0.3 is 5.97 Å². The number of aromatic nitrogens is 1. The number of hydrogen-bond acceptors (Lipinski definition) is 5. The Bertz CT molecular complexity index is 706. The van der Waals surface area contributed by atoms with Gasteiger partial charge in [-0.15, -0.1) is 0 Å². The number of aromatic carboxylic acids is 1. The fraction of sp³-hybridized carbons (Fsp3) is 0.368. The number of nitrogens with zero attached hydrogens (tertiary/aromatic N) is 2. The van der Waals surface area contributed by atoms with Crippen LogP contribution in [0.1, 0.15) is 29.8 Å². The summed E-state index contributed by atoms with van der Waals surface area (Å²) in [6, 6.07) is 10.9. The molecule has 1 aliphatic heterocycles. The first-order valence-corrected chi connectivity index (χ1v) is 8.44. The number of rotatable bonds is 5. The second-order valence-corrected chi connectivity index (χ2v) is 6.42. The number of pyridine rings is 1. The molecule has 0 spiro atoms. The van der Waals surface area contributed by atoms with Crippen molar-refractivity contribution < 1.29 is 14.6 Å². The summed E-state index contributed by atoms with van der Waals surface area (Å²) in [6.45, 7) is 6.47. The molecular formula is C19H23N3O3. The largest absolute Gasteiger partial charge is 0.478 e. The average Bonchev–Trinajstić information content (AvgIpc) is 2.60. The highest BCUT2D eigenvalue weighted by Gasteiger charge is 2.22. The predicted molar refractivity (Wildman–Crippen MR) is 97.2 cm³/mol. The van der Waals surface area contributed by atoms with E-state index >= 15 is 0 Å². The zero-order valence-electron chi connectivity index (χ0n) is 14.5. The van der Waals surface area contributed by atoms with E-state index < -0.39 is 5.97 Å². The lowest BCUT2D eigenvalue weighted by Gasteiger charge is -2.36. The summed E-state index contributed by atoms with van der Waals surface area (Å²) in [5, 5.41) is 12.2. The van der Waals surface area contributed by atoms with Gasteiger partial charge in [0.15, 0.2) is 0 Å². The van der Waals surface area contributed by atoms with Crippen LogP contribution in [0.2, 0.25) is 0 Å². The molecule has 2 aromatic rings. The van der Waals surface area contributed by atoms with Gasteiger partial charge in [0.2, 0.25) is 0 Å². The Hall–Kier alpha value is -2.60. The maximum Gasteiger partial charge on any atom is 0.335 e. The van der Waals surface area contributed by atoms with Gasteiger partial charge in [0, 0.05) is 19.6 Å². The smallest absolute Gasteiger partial charge is 0.335 e. The van der Waals surface area contributed by atoms with Gasteiger partial charge in [0.05, 0.1) is 29.7 Å². The van der Waals surface area contributed by atoms with E-state index in [1.807, 2.05) is 30.5 Å². The van der Waals surface area contributed by atoms with Crippen molar-refractivity contribution in [3.63, 3.8) is 0 Å². The number of benzene rings is 1. The van der Waals surface area contributed by atoms with Gasteiger partial charge in [-0.3, -0.25) is 0 Å². The number of ether oxygens (including phenoxy) is 1. The Labute approximate surface area is 147 Å². The van der Waals surface area contributed by atoms with Gasteiger partial charge in [0.25, 0.3) is 0 Å². The minimum absolute atomic E-state index is 0.206. The summed E-state index contributed by atoms with van der Waals surface area (Å²) >= 11 is 0. The first kappa shape index (κ1) is 17.2. The Morgan fingerprint density at radius 1 is 1.20 bits per heavy atom. The minimum Gasteiger partial charge on any atom is -0.478 e. The van der Waals surface area contributed by atoms with E-state index in [-0.39, 0.29) is 12.2 Å². The van der Waals surface area contributed by atoms with E-state index in [1.165, 1.54) is 0 Å². The number of anilines is 2. The highest BCUT2D eigenvalue weighted by atomic mass is 16.5. The van der Waals surface area contributed by atoms with Gasteiger partial charge in [0.1, 0.15) is 5.82 Å². The molecule has 2 heterocycles. The molecular weight excluding hydrogens is 318 g/mol. The topological polar surface area (TPSA) is 74.7 Å². The summed E-state index contributed by atoms with van der Waals surface area (Å²) in [5.41, 5.74) is 2.24. The Balaban J connectivity index is 1.58. The molecule has 1 saturated heterocycles. The maximum absolute atomic E-state index is 10.9. The molecule has 2 N–H and O–H groups in total. The van der Waals surface area contributed by atoms with E-state index in [4.69, 9.17) is 9.84 Å². The molecule has 0 aliphatic carbocycles. The summed E-state index contributed by atoms with van der Waals surface area (Å²) in [5.74, 6) is 0.0457. The molecule has 6 heteroatoms. The maximum atomic E-state index is 10.9. The molecule has 1 aliphatic rings. The van der Waals surface area contributed by atoms with Crippen molar-refractivity contribution in [3.05, 3.63) is 53.7 Å². The number of carboxylic acids is 1. The molecule has 6 nitrogen and oxygen atoms in total. The first-order valence-electron chi connectivity index (χ1n) is 8.44. The molecule has 132 valence electrons. The molecule has 0 radical (unpaired) electrons. The fourth-order valence-corrected chi connectivity index (χ4v) is 3.01. The van der Waals surface area contributed by atoms with Crippen LogP contribution < -0.4 is 10.2 Å². The SMILES string of the molecule is CC1CN(c2ccc(NCc3ccc(C(=O)O)cc3)cn2)CC(C)O1. The lowest BCUT2D eigenvalue weighted by atomic mass is 10.1.